The summed E-state index contributed by atoms with van der Waals surface area (Å²) in [5, 5.41) is 27.6. The predicted molar refractivity (Wildman–Crippen MR) is 153 cm³/mol. The second-order valence-electron chi connectivity index (χ2n) is 9.57. The molecule has 1 amide bonds. The van der Waals surface area contributed by atoms with Gasteiger partial charge in [-0.05, 0) is 40.2 Å². The first-order valence-corrected chi connectivity index (χ1v) is 12.4. The van der Waals surface area contributed by atoms with Crippen molar-refractivity contribution in [2.75, 3.05) is 31.3 Å². The lowest BCUT2D eigenvalue weighted by atomic mass is 10.2. The zero-order chi connectivity index (χ0) is 29.7. The van der Waals surface area contributed by atoms with Crippen molar-refractivity contribution >= 4 is 51.6 Å². The molecule has 42 heavy (non-hydrogen) atoms. The summed E-state index contributed by atoms with van der Waals surface area (Å²) in [5.41, 5.74) is 2.08. The monoisotopic (exact) mass is 650 g/mol. The Balaban J connectivity index is 0.00000484. The summed E-state index contributed by atoms with van der Waals surface area (Å²) in [4.78, 5) is 40.1. The average molecular weight is 652 g/mol. The second kappa shape index (κ2) is 13.2. The van der Waals surface area contributed by atoms with Crippen LogP contribution in [0.25, 0.3) is 10.9 Å². The molecule has 0 saturated carbocycles. The van der Waals surface area contributed by atoms with Crippen molar-refractivity contribution in [3.05, 3.63) is 81.2 Å². The summed E-state index contributed by atoms with van der Waals surface area (Å²) in [5.74, 6) is 2.48. The highest BCUT2D eigenvalue weighted by atomic mass is 79.9. The number of rotatable bonds is 9. The number of nitrogens with one attached hydrogen (secondary N) is 2. The minimum atomic E-state index is -0.605. The molecule has 0 unspecified atom stereocenters. The summed E-state index contributed by atoms with van der Waals surface area (Å²) in [6, 6.07) is 8.67. The van der Waals surface area contributed by atoms with Gasteiger partial charge in [-0.1, -0.05) is 17.5 Å². The fourth-order valence-electron chi connectivity index (χ4n) is 4.00. The largest absolute Gasteiger partial charge is 1.00 e. The maximum Gasteiger partial charge on any atom is 0.392 e. The van der Waals surface area contributed by atoms with Crippen molar-refractivity contribution in [3.8, 4) is 18.4 Å². The van der Waals surface area contributed by atoms with Crippen LogP contribution in [-0.2, 0) is 18.4 Å². The van der Waals surface area contributed by atoms with Crippen molar-refractivity contribution in [3.63, 3.8) is 0 Å². The van der Waals surface area contributed by atoms with E-state index in [0.717, 1.165) is 0 Å². The van der Waals surface area contributed by atoms with Gasteiger partial charge in [0.25, 0.3) is 0 Å². The van der Waals surface area contributed by atoms with Crippen LogP contribution in [0.1, 0.15) is 17.1 Å². The third kappa shape index (κ3) is 7.24. The van der Waals surface area contributed by atoms with Gasteiger partial charge in [0.05, 0.1) is 37.4 Å². The van der Waals surface area contributed by atoms with Gasteiger partial charge in [0.1, 0.15) is 24.5 Å². The second-order valence-corrected chi connectivity index (χ2v) is 9.98. The van der Waals surface area contributed by atoms with E-state index >= 15 is 0 Å². The first-order chi connectivity index (χ1) is 19.5. The molecule has 4 aromatic rings. The first-order valence-electron chi connectivity index (χ1n) is 12.0. The highest BCUT2D eigenvalue weighted by molar-refractivity contribution is 6.31. The van der Waals surface area contributed by atoms with Crippen molar-refractivity contribution < 1.29 is 31.2 Å². The zero-order valence-corrected chi connectivity index (χ0v) is 25.0. The molecule has 0 atom stereocenters. The Morgan fingerprint density at radius 3 is 2.74 bits per heavy atom. The third-order valence-corrected chi connectivity index (χ3v) is 6.40. The minimum absolute atomic E-state index is 0. The molecule has 0 fully saturated rings. The molecule has 3 heterocycles. The molecule has 0 radical (unpaired) electrons. The fraction of sp³-hybridized carbons (Fsp3) is 0.185. The lowest BCUT2D eigenvalue weighted by Gasteiger charge is -2.28. The number of carbonyl (C=O) groups is 1. The number of nitrogens with zero attached hydrogens (tertiary/aromatic N) is 8. The van der Waals surface area contributed by atoms with Gasteiger partial charge in [-0.3, -0.25) is 9.36 Å². The van der Waals surface area contributed by atoms with Crippen molar-refractivity contribution in [2.24, 2.45) is 7.05 Å². The standard InChI is InChI=1S/C27H23ClN10O3.BrH/c1-5-17-11-18(8-9-20(17)28)33-26-19-12-23(30-14-21(19)31-16-32-26)34-25(39)7-6-10-38(3,4)15-22-27(37(40)41)35-24(13-29)36(22)2;/h1,6-9,11-12,14,16H,10,15H2,2-4H3,(H-,30,31,32,33,34,39);1H/b7-6+;. The Hall–Kier alpha value is -4.89. The number of quaternary nitrogens is 1. The summed E-state index contributed by atoms with van der Waals surface area (Å²) in [6.07, 6.45) is 11.4. The van der Waals surface area contributed by atoms with Crippen molar-refractivity contribution in [1.29, 1.82) is 5.26 Å². The Kier molecular flexibility index (Phi) is 9.93. The number of halogens is 2. The average Bonchev–Trinajstić information content (AvgIpc) is 3.24. The van der Waals surface area contributed by atoms with E-state index in [4.69, 9.17) is 18.0 Å². The third-order valence-electron chi connectivity index (χ3n) is 6.07. The SMILES string of the molecule is C#Cc1cc(Nc2ncnc3cnc(NC(=O)/C=C/C[N+](C)(C)Cc4c([N+](=O)[O-])nc(C#N)n4C)cc23)ccc1Cl.[Br-]. The molecule has 2 N–H and O–H groups in total. The summed E-state index contributed by atoms with van der Waals surface area (Å²) in [7, 11) is 5.25. The molecule has 0 spiro atoms. The van der Waals surface area contributed by atoms with E-state index in [-0.39, 0.29) is 45.5 Å². The maximum absolute atomic E-state index is 12.6. The van der Waals surface area contributed by atoms with Crippen LogP contribution in [0.3, 0.4) is 0 Å². The quantitative estimate of drug-likeness (QED) is 0.0871. The topological polar surface area (TPSA) is 165 Å². The lowest BCUT2D eigenvalue weighted by molar-refractivity contribution is -0.898. The molecule has 3 aromatic heterocycles. The number of nitriles is 1. The van der Waals surface area contributed by atoms with E-state index < -0.39 is 10.8 Å². The van der Waals surface area contributed by atoms with E-state index in [0.29, 0.717) is 45.2 Å². The number of carbonyl (C=O) groups excluding carboxylic acids is 1. The fourth-order valence-corrected chi connectivity index (χ4v) is 4.17. The van der Waals surface area contributed by atoms with Gasteiger partial charge in [0.2, 0.25) is 5.91 Å². The molecule has 0 aliphatic rings. The number of hydrogen-bond acceptors (Lipinski definition) is 9. The number of nitro groups is 1. The molecule has 0 aliphatic heterocycles. The molecule has 214 valence electrons. The molecule has 0 saturated heterocycles. The van der Waals surface area contributed by atoms with Crippen LogP contribution in [0.5, 0.6) is 0 Å². The van der Waals surface area contributed by atoms with Crippen molar-refractivity contribution in [1.82, 2.24) is 24.5 Å². The Bertz CT molecular complexity index is 1790. The molecule has 1 aromatic carbocycles. The molecule has 13 nitrogen and oxygen atoms in total. The van der Waals surface area contributed by atoms with Gasteiger partial charge >= 0.3 is 11.6 Å². The highest BCUT2D eigenvalue weighted by Crippen LogP contribution is 2.27. The molecule has 4 rings (SSSR count). The van der Waals surface area contributed by atoms with Gasteiger partial charge in [0, 0.05) is 29.8 Å². The van der Waals surface area contributed by atoms with Gasteiger partial charge in [-0.25, -0.2) is 15.0 Å². The maximum atomic E-state index is 12.6. The van der Waals surface area contributed by atoms with Gasteiger partial charge < -0.3 is 42.2 Å². The van der Waals surface area contributed by atoms with Crippen LogP contribution >= 0.6 is 11.6 Å². The van der Waals surface area contributed by atoms with Crippen molar-refractivity contribution in [2.45, 2.75) is 6.54 Å². The molecular formula is C27H24BrClN10O3. The minimum Gasteiger partial charge on any atom is -1.00 e. The summed E-state index contributed by atoms with van der Waals surface area (Å²) >= 11 is 6.10. The number of hydrogen-bond donors (Lipinski definition) is 2. The smallest absolute Gasteiger partial charge is 0.392 e. The Morgan fingerprint density at radius 2 is 2.05 bits per heavy atom. The number of anilines is 3. The van der Waals surface area contributed by atoms with E-state index in [1.165, 1.54) is 23.2 Å². The van der Waals surface area contributed by atoms with E-state index in [1.807, 2.05) is 20.2 Å². The number of benzene rings is 1. The number of fused-ring (bicyclic) bond motifs is 1. The van der Waals surface area contributed by atoms with Crippen LogP contribution in [0.2, 0.25) is 5.02 Å². The van der Waals surface area contributed by atoms with Crippen LogP contribution in [0, 0.1) is 33.8 Å². The number of amides is 1. The molecular weight excluding hydrogens is 628 g/mol. The first kappa shape index (κ1) is 31.6. The normalized spacial score (nSPS) is 11.0. The number of aromatic nitrogens is 5. The number of likely N-dealkylation sites (N-methyl/N-ethyl adjacent to an activating group) is 1. The van der Waals surface area contributed by atoms with E-state index in [2.05, 4.69) is 36.5 Å². The van der Waals surface area contributed by atoms with Crippen LogP contribution < -0.4 is 27.6 Å². The van der Waals surface area contributed by atoms with Crippen LogP contribution in [0.15, 0.2) is 48.9 Å². The van der Waals surface area contributed by atoms with E-state index in [1.54, 1.807) is 37.4 Å². The molecule has 15 heteroatoms. The molecule has 0 aliphatic carbocycles. The van der Waals surface area contributed by atoms with E-state index in [9.17, 15) is 20.2 Å². The molecule has 0 bridgehead atoms. The number of pyridine rings is 1. The van der Waals surface area contributed by atoms with Gasteiger partial charge in [-0.15, -0.1) is 6.42 Å². The van der Waals surface area contributed by atoms with Crippen LogP contribution in [-0.4, -0.2) is 60.5 Å². The van der Waals surface area contributed by atoms with Crippen LogP contribution in [0.4, 0.5) is 23.1 Å². The lowest BCUT2D eigenvalue weighted by Crippen LogP contribution is -3.00. The highest BCUT2D eigenvalue weighted by Gasteiger charge is 2.30. The predicted octanol–water partition coefficient (Wildman–Crippen LogP) is 0.692. The Labute approximate surface area is 256 Å². The summed E-state index contributed by atoms with van der Waals surface area (Å²) < 4.78 is 1.68. The van der Waals surface area contributed by atoms with Gasteiger partial charge in [-0.2, -0.15) is 5.26 Å². The number of imidazole rings is 1. The van der Waals surface area contributed by atoms with Gasteiger partial charge in [0.15, 0.2) is 11.8 Å². The Morgan fingerprint density at radius 1 is 1.29 bits per heavy atom. The zero-order valence-electron chi connectivity index (χ0n) is 22.7. The summed E-state index contributed by atoms with van der Waals surface area (Å²) in [6.45, 7) is 0.581. The number of terminal acetylenes is 1.